The molecule has 0 unspecified atom stereocenters. The van der Waals surface area contributed by atoms with Crippen LogP contribution in [0, 0.1) is 6.92 Å². The minimum atomic E-state index is -0.170. The Bertz CT molecular complexity index is 656. The molecule has 0 aliphatic rings. The van der Waals surface area contributed by atoms with Gasteiger partial charge in [-0.3, -0.25) is 4.79 Å². The fraction of sp³-hybridized carbons (Fsp3) is 0.133. The van der Waals surface area contributed by atoms with Crippen molar-refractivity contribution in [3.05, 3.63) is 52.0 Å². The zero-order valence-electron chi connectivity index (χ0n) is 11.3. The van der Waals surface area contributed by atoms with Crippen LogP contribution in [0.5, 0.6) is 0 Å². The molecule has 2 aromatic carbocycles. The number of thioether (sulfide) groups is 1. The van der Waals surface area contributed by atoms with E-state index in [1.807, 2.05) is 25.1 Å². The molecule has 0 aliphatic carbocycles. The monoisotopic (exact) mass is 340 g/mol. The summed E-state index contributed by atoms with van der Waals surface area (Å²) in [6, 6.07) is 10.7. The van der Waals surface area contributed by atoms with Gasteiger partial charge in [0.1, 0.15) is 0 Å². The maximum Gasteiger partial charge on any atom is 0.234 e. The highest BCUT2D eigenvalue weighted by Gasteiger charge is 2.11. The van der Waals surface area contributed by atoms with Gasteiger partial charge in [-0.25, -0.2) is 0 Å². The van der Waals surface area contributed by atoms with Crippen LogP contribution in [0.2, 0.25) is 10.0 Å². The Morgan fingerprint density at radius 2 is 1.81 bits per heavy atom. The van der Waals surface area contributed by atoms with Crippen molar-refractivity contribution in [3.8, 4) is 0 Å². The molecular formula is C15H14Cl2N2OS. The fourth-order valence-electron chi connectivity index (χ4n) is 1.72. The number of halogens is 2. The molecule has 3 N–H and O–H groups in total. The molecule has 2 aromatic rings. The summed E-state index contributed by atoms with van der Waals surface area (Å²) in [6.45, 7) is 1.93. The third-order valence-corrected chi connectivity index (χ3v) is 4.70. The van der Waals surface area contributed by atoms with Crippen LogP contribution in [0.3, 0.4) is 0 Å². The Morgan fingerprint density at radius 1 is 1.19 bits per heavy atom. The van der Waals surface area contributed by atoms with E-state index in [0.717, 1.165) is 16.1 Å². The molecule has 0 aliphatic heterocycles. The molecule has 110 valence electrons. The zero-order valence-corrected chi connectivity index (χ0v) is 13.6. The Labute approximate surface area is 137 Å². The van der Waals surface area contributed by atoms with Crippen molar-refractivity contribution in [1.82, 2.24) is 0 Å². The van der Waals surface area contributed by atoms with E-state index in [0.29, 0.717) is 15.7 Å². The van der Waals surface area contributed by atoms with Crippen LogP contribution >= 0.6 is 35.0 Å². The predicted molar refractivity (Wildman–Crippen MR) is 91.4 cm³/mol. The maximum atomic E-state index is 12.0. The van der Waals surface area contributed by atoms with Crippen LogP contribution in [-0.4, -0.2) is 11.7 Å². The number of anilines is 2. The van der Waals surface area contributed by atoms with Crippen molar-refractivity contribution in [2.75, 3.05) is 16.8 Å². The number of nitrogens with two attached hydrogens (primary N) is 1. The first-order valence-corrected chi connectivity index (χ1v) is 7.95. The first-order valence-electron chi connectivity index (χ1n) is 6.21. The largest absolute Gasteiger partial charge is 0.398 e. The van der Waals surface area contributed by atoms with E-state index in [1.54, 1.807) is 18.2 Å². The summed E-state index contributed by atoms with van der Waals surface area (Å²) < 4.78 is 0. The Kier molecular flexibility index (Phi) is 5.39. The van der Waals surface area contributed by atoms with Gasteiger partial charge in [0, 0.05) is 10.6 Å². The van der Waals surface area contributed by atoms with E-state index in [-0.39, 0.29) is 11.7 Å². The topological polar surface area (TPSA) is 55.1 Å². The molecule has 0 heterocycles. The number of rotatable bonds is 4. The molecule has 0 bridgehead atoms. The highest BCUT2D eigenvalue weighted by Crippen LogP contribution is 2.30. The van der Waals surface area contributed by atoms with Crippen molar-refractivity contribution in [3.63, 3.8) is 0 Å². The lowest BCUT2D eigenvalue weighted by atomic mass is 10.2. The van der Waals surface area contributed by atoms with Crippen LogP contribution < -0.4 is 11.1 Å². The molecule has 6 heteroatoms. The summed E-state index contributed by atoms with van der Waals surface area (Å²) >= 11 is 13.5. The number of hydrogen-bond acceptors (Lipinski definition) is 3. The Balaban J connectivity index is 2.01. The van der Waals surface area contributed by atoms with Gasteiger partial charge in [-0.1, -0.05) is 35.3 Å². The SMILES string of the molecule is Cc1c(N)cccc1SCC(=O)Nc1c(Cl)cccc1Cl. The van der Waals surface area contributed by atoms with Crippen molar-refractivity contribution >= 4 is 52.2 Å². The number of hydrogen-bond donors (Lipinski definition) is 2. The molecular weight excluding hydrogens is 327 g/mol. The van der Waals surface area contributed by atoms with E-state index >= 15 is 0 Å². The van der Waals surface area contributed by atoms with Crippen molar-refractivity contribution in [2.45, 2.75) is 11.8 Å². The minimum Gasteiger partial charge on any atom is -0.398 e. The predicted octanol–water partition coefficient (Wildman–Crippen LogP) is 4.61. The minimum absolute atomic E-state index is 0.170. The summed E-state index contributed by atoms with van der Waals surface area (Å²) in [5, 5.41) is 3.56. The van der Waals surface area contributed by atoms with Gasteiger partial charge in [-0.15, -0.1) is 11.8 Å². The second-order valence-corrected chi connectivity index (χ2v) is 6.24. The molecule has 0 fully saturated rings. The first kappa shape index (κ1) is 16.0. The van der Waals surface area contributed by atoms with Gasteiger partial charge in [0.05, 0.1) is 21.5 Å². The molecule has 3 nitrogen and oxygen atoms in total. The number of benzene rings is 2. The third kappa shape index (κ3) is 4.06. The lowest BCUT2D eigenvalue weighted by Gasteiger charge is -2.10. The summed E-state index contributed by atoms with van der Waals surface area (Å²) in [7, 11) is 0. The second kappa shape index (κ2) is 7.07. The summed E-state index contributed by atoms with van der Waals surface area (Å²) in [5.74, 6) is 0.0862. The van der Waals surface area contributed by atoms with Gasteiger partial charge in [-0.2, -0.15) is 0 Å². The van der Waals surface area contributed by atoms with E-state index < -0.39 is 0 Å². The number of nitrogens with one attached hydrogen (secondary N) is 1. The first-order chi connectivity index (χ1) is 9.99. The molecule has 0 aromatic heterocycles. The van der Waals surface area contributed by atoms with Crippen LogP contribution in [0.25, 0.3) is 0 Å². The van der Waals surface area contributed by atoms with Gasteiger partial charge in [0.2, 0.25) is 5.91 Å². The van der Waals surface area contributed by atoms with Crippen molar-refractivity contribution in [2.24, 2.45) is 0 Å². The van der Waals surface area contributed by atoms with Crippen LogP contribution in [0.15, 0.2) is 41.3 Å². The van der Waals surface area contributed by atoms with Gasteiger partial charge in [0.15, 0.2) is 0 Å². The average Bonchev–Trinajstić information content (AvgIpc) is 2.45. The van der Waals surface area contributed by atoms with Crippen LogP contribution in [0.4, 0.5) is 11.4 Å². The Hall–Kier alpha value is -1.36. The second-order valence-electron chi connectivity index (χ2n) is 4.40. The van der Waals surface area contributed by atoms with Crippen LogP contribution in [0.1, 0.15) is 5.56 Å². The van der Waals surface area contributed by atoms with Crippen LogP contribution in [-0.2, 0) is 4.79 Å². The van der Waals surface area contributed by atoms with Gasteiger partial charge >= 0.3 is 0 Å². The summed E-state index contributed by atoms with van der Waals surface area (Å²) in [4.78, 5) is 13.0. The van der Waals surface area contributed by atoms with Crippen molar-refractivity contribution in [1.29, 1.82) is 0 Å². The molecule has 0 atom stereocenters. The lowest BCUT2D eigenvalue weighted by molar-refractivity contribution is -0.113. The lowest BCUT2D eigenvalue weighted by Crippen LogP contribution is -2.14. The molecule has 1 amide bonds. The number of carbonyl (C=O) groups excluding carboxylic acids is 1. The zero-order chi connectivity index (χ0) is 15.4. The van der Waals surface area contributed by atoms with E-state index in [2.05, 4.69) is 5.32 Å². The summed E-state index contributed by atoms with van der Waals surface area (Å²) in [6.07, 6.45) is 0. The Morgan fingerprint density at radius 3 is 2.48 bits per heavy atom. The van der Waals surface area contributed by atoms with Crippen molar-refractivity contribution < 1.29 is 4.79 Å². The quantitative estimate of drug-likeness (QED) is 0.630. The highest BCUT2D eigenvalue weighted by atomic mass is 35.5. The fourth-order valence-corrected chi connectivity index (χ4v) is 3.08. The molecule has 0 saturated carbocycles. The highest BCUT2D eigenvalue weighted by molar-refractivity contribution is 8.00. The number of amides is 1. The normalized spacial score (nSPS) is 10.4. The number of carbonyl (C=O) groups is 1. The van der Waals surface area contributed by atoms with E-state index in [1.165, 1.54) is 11.8 Å². The molecule has 0 radical (unpaired) electrons. The molecule has 21 heavy (non-hydrogen) atoms. The molecule has 0 saturated heterocycles. The van der Waals surface area contributed by atoms with Gasteiger partial charge in [-0.05, 0) is 36.8 Å². The molecule has 2 rings (SSSR count). The molecule has 0 spiro atoms. The maximum absolute atomic E-state index is 12.0. The third-order valence-electron chi connectivity index (χ3n) is 2.91. The standard InChI is InChI=1S/C15H14Cl2N2OS/c1-9-12(18)6-3-7-13(9)21-8-14(20)19-15-10(16)4-2-5-11(15)17/h2-7H,8,18H2,1H3,(H,19,20). The number of nitrogen functional groups attached to an aromatic ring is 1. The smallest absolute Gasteiger partial charge is 0.234 e. The number of para-hydroxylation sites is 1. The average molecular weight is 341 g/mol. The van der Waals surface area contributed by atoms with Gasteiger partial charge < -0.3 is 11.1 Å². The summed E-state index contributed by atoms with van der Waals surface area (Å²) in [5.41, 5.74) is 7.98. The van der Waals surface area contributed by atoms with Gasteiger partial charge in [0.25, 0.3) is 0 Å². The van der Waals surface area contributed by atoms with E-state index in [4.69, 9.17) is 28.9 Å². The van der Waals surface area contributed by atoms with E-state index in [9.17, 15) is 4.79 Å².